The summed E-state index contributed by atoms with van der Waals surface area (Å²) in [4.78, 5) is 39.8. The SMILES string of the molecule is COC(=O)[C@@]12C(=O)C(C)=C(O)[C@]1(C)C(C)=C[C@H]1[C@]3(CO)CC[C@H](OC(C)=O)C(C)(C)[C@H]3[C@@H](O)C[C@@]12C. The van der Waals surface area contributed by atoms with E-state index in [1.54, 1.807) is 13.8 Å². The van der Waals surface area contributed by atoms with Crippen LogP contribution in [0.4, 0.5) is 0 Å². The molecule has 36 heavy (non-hydrogen) atoms. The van der Waals surface area contributed by atoms with Crippen LogP contribution in [-0.2, 0) is 23.9 Å². The van der Waals surface area contributed by atoms with Gasteiger partial charge in [0.2, 0.25) is 0 Å². The molecule has 0 aromatic carbocycles. The van der Waals surface area contributed by atoms with E-state index in [9.17, 15) is 29.7 Å². The van der Waals surface area contributed by atoms with E-state index in [0.717, 1.165) is 0 Å². The van der Waals surface area contributed by atoms with Crippen LogP contribution in [0.15, 0.2) is 23.0 Å². The Labute approximate surface area is 212 Å². The molecule has 4 aliphatic rings. The van der Waals surface area contributed by atoms with Crippen LogP contribution in [0.3, 0.4) is 0 Å². The van der Waals surface area contributed by atoms with E-state index in [1.807, 2.05) is 26.8 Å². The fraction of sp³-hybridized carbons (Fsp3) is 0.750. The fourth-order valence-corrected chi connectivity index (χ4v) is 9.41. The highest BCUT2D eigenvalue weighted by Gasteiger charge is 2.81. The van der Waals surface area contributed by atoms with E-state index < -0.39 is 68.8 Å². The van der Waals surface area contributed by atoms with Crippen LogP contribution in [0, 0.1) is 38.9 Å². The first kappa shape index (κ1) is 26.9. The molecule has 0 saturated heterocycles. The average Bonchev–Trinajstić information content (AvgIpc) is 2.95. The number of ether oxygens (including phenoxy) is 2. The number of allylic oxidation sites excluding steroid dienone is 3. The van der Waals surface area contributed by atoms with Crippen LogP contribution in [0.5, 0.6) is 0 Å². The molecule has 2 fully saturated rings. The minimum Gasteiger partial charge on any atom is -0.511 e. The van der Waals surface area contributed by atoms with Crippen LogP contribution < -0.4 is 0 Å². The predicted molar refractivity (Wildman–Crippen MR) is 130 cm³/mol. The number of carbonyl (C=O) groups excluding carboxylic acids is 3. The second kappa shape index (κ2) is 7.90. The second-order valence-electron chi connectivity index (χ2n) is 12.5. The molecule has 0 heterocycles. The highest BCUT2D eigenvalue weighted by atomic mass is 16.5. The van der Waals surface area contributed by atoms with Gasteiger partial charge in [-0.2, -0.15) is 0 Å². The molecule has 0 bridgehead atoms. The van der Waals surface area contributed by atoms with Crippen molar-refractivity contribution in [2.45, 2.75) is 79.9 Å². The Bertz CT molecular complexity index is 1090. The summed E-state index contributed by atoms with van der Waals surface area (Å²) >= 11 is 0. The van der Waals surface area contributed by atoms with Crippen molar-refractivity contribution < 1.29 is 39.2 Å². The normalized spacial score (nSPS) is 45.3. The summed E-state index contributed by atoms with van der Waals surface area (Å²) in [7, 11) is 1.23. The number of hydrogen-bond donors (Lipinski definition) is 3. The van der Waals surface area contributed by atoms with Gasteiger partial charge in [0.15, 0.2) is 11.2 Å². The predicted octanol–water partition coefficient (Wildman–Crippen LogP) is 3.26. The van der Waals surface area contributed by atoms with Crippen LogP contribution in [0.2, 0.25) is 0 Å². The quantitative estimate of drug-likeness (QED) is 0.303. The standard InChI is InChI=1S/C28H40O8/c1-14-11-18-25(6,28(23(34)35-8)22(33)15(2)21(32)26(14,28)7)12-17(31)20-24(4,5)19(36-16(3)30)9-10-27(18,20)13-29/h11,17-20,29,31-32H,9-10,12-13H2,1-8H3/t17-,18+,19-,20+,25-,26-,27+,28+/m0/s1. The third kappa shape index (κ3) is 2.70. The van der Waals surface area contributed by atoms with Gasteiger partial charge in [0.05, 0.1) is 18.6 Å². The number of aliphatic hydroxyl groups excluding tert-OH is 3. The first-order valence-electron chi connectivity index (χ1n) is 12.7. The smallest absolute Gasteiger partial charge is 0.321 e. The molecule has 4 rings (SSSR count). The Morgan fingerprint density at radius 3 is 2.31 bits per heavy atom. The number of ketones is 1. The van der Waals surface area contributed by atoms with Crippen molar-refractivity contribution in [3.63, 3.8) is 0 Å². The maximum absolute atomic E-state index is 14.1. The molecule has 4 aliphatic carbocycles. The zero-order valence-corrected chi connectivity index (χ0v) is 22.6. The summed E-state index contributed by atoms with van der Waals surface area (Å²) < 4.78 is 11.0. The number of rotatable bonds is 3. The Hall–Kier alpha value is -2.19. The molecule has 0 spiro atoms. The monoisotopic (exact) mass is 504 g/mol. The van der Waals surface area contributed by atoms with Gasteiger partial charge in [-0.3, -0.25) is 14.4 Å². The molecule has 0 unspecified atom stereocenters. The molecule has 0 aliphatic heterocycles. The molecule has 3 N–H and O–H groups in total. The van der Waals surface area contributed by atoms with E-state index in [1.165, 1.54) is 21.0 Å². The first-order chi connectivity index (χ1) is 16.5. The number of Topliss-reactive ketones (excluding diaryl/α,β-unsaturated/α-hetero) is 1. The molecule has 0 aromatic rings. The molecule has 200 valence electrons. The summed E-state index contributed by atoms with van der Waals surface area (Å²) in [6.07, 6.45) is 1.50. The Morgan fingerprint density at radius 1 is 1.17 bits per heavy atom. The third-order valence-electron chi connectivity index (χ3n) is 10.9. The number of aliphatic hydroxyl groups is 3. The van der Waals surface area contributed by atoms with E-state index in [0.29, 0.717) is 18.4 Å². The van der Waals surface area contributed by atoms with Crippen molar-refractivity contribution in [1.82, 2.24) is 0 Å². The Morgan fingerprint density at radius 2 is 1.78 bits per heavy atom. The van der Waals surface area contributed by atoms with Crippen molar-refractivity contribution in [1.29, 1.82) is 0 Å². The van der Waals surface area contributed by atoms with Crippen molar-refractivity contribution in [3.8, 4) is 0 Å². The van der Waals surface area contributed by atoms with Crippen molar-refractivity contribution in [2.24, 2.45) is 38.9 Å². The van der Waals surface area contributed by atoms with Gasteiger partial charge in [-0.15, -0.1) is 0 Å². The Kier molecular flexibility index (Phi) is 5.90. The van der Waals surface area contributed by atoms with Crippen LogP contribution in [0.25, 0.3) is 0 Å². The minimum atomic E-state index is -1.81. The molecule has 2 saturated carbocycles. The lowest BCUT2D eigenvalue weighted by Crippen LogP contribution is -2.73. The molecule has 8 atom stereocenters. The molecular weight excluding hydrogens is 464 g/mol. The van der Waals surface area contributed by atoms with E-state index in [2.05, 4.69) is 0 Å². The zero-order chi connectivity index (χ0) is 27.2. The van der Waals surface area contributed by atoms with Gasteiger partial charge in [0, 0.05) is 41.3 Å². The average molecular weight is 505 g/mol. The topological polar surface area (TPSA) is 130 Å². The van der Waals surface area contributed by atoms with Crippen molar-refractivity contribution in [2.75, 3.05) is 13.7 Å². The van der Waals surface area contributed by atoms with Gasteiger partial charge >= 0.3 is 11.9 Å². The lowest BCUT2D eigenvalue weighted by Gasteiger charge is -2.70. The minimum absolute atomic E-state index is 0.0705. The van der Waals surface area contributed by atoms with E-state index in [4.69, 9.17) is 9.47 Å². The summed E-state index contributed by atoms with van der Waals surface area (Å²) in [6.45, 7) is 11.8. The van der Waals surface area contributed by atoms with Gasteiger partial charge in [0.25, 0.3) is 0 Å². The number of carbonyl (C=O) groups is 3. The molecule has 8 heteroatoms. The van der Waals surface area contributed by atoms with Crippen molar-refractivity contribution in [3.05, 3.63) is 23.0 Å². The highest BCUT2D eigenvalue weighted by molar-refractivity contribution is 6.17. The molecule has 0 amide bonds. The van der Waals surface area contributed by atoms with Crippen LogP contribution >= 0.6 is 0 Å². The first-order valence-corrected chi connectivity index (χ1v) is 12.7. The van der Waals surface area contributed by atoms with Crippen molar-refractivity contribution >= 4 is 17.7 Å². The lowest BCUT2D eigenvalue weighted by atomic mass is 9.33. The summed E-state index contributed by atoms with van der Waals surface area (Å²) in [6, 6.07) is 0. The number of hydrogen-bond acceptors (Lipinski definition) is 8. The molecule has 0 aromatic heterocycles. The highest BCUT2D eigenvalue weighted by Crippen LogP contribution is 2.77. The number of fused-ring (bicyclic) bond motifs is 5. The van der Waals surface area contributed by atoms with Gasteiger partial charge in [-0.05, 0) is 46.0 Å². The maximum atomic E-state index is 14.1. The summed E-state index contributed by atoms with van der Waals surface area (Å²) in [5.74, 6) is -2.77. The zero-order valence-electron chi connectivity index (χ0n) is 22.6. The molecule has 8 nitrogen and oxygen atoms in total. The van der Waals surface area contributed by atoms with E-state index in [-0.39, 0.29) is 24.4 Å². The number of esters is 2. The Balaban J connectivity index is 2.02. The fourth-order valence-electron chi connectivity index (χ4n) is 9.41. The van der Waals surface area contributed by atoms with E-state index >= 15 is 0 Å². The largest absolute Gasteiger partial charge is 0.511 e. The van der Waals surface area contributed by atoms with Gasteiger partial charge in [-0.25, -0.2) is 0 Å². The van der Waals surface area contributed by atoms with Gasteiger partial charge < -0.3 is 24.8 Å². The summed E-state index contributed by atoms with van der Waals surface area (Å²) in [5, 5.41) is 34.2. The molecule has 0 radical (unpaired) electrons. The van der Waals surface area contributed by atoms with Crippen LogP contribution in [-0.4, -0.2) is 59.0 Å². The van der Waals surface area contributed by atoms with Gasteiger partial charge in [-0.1, -0.05) is 32.4 Å². The lowest BCUT2D eigenvalue weighted by molar-refractivity contribution is -0.257. The second-order valence-corrected chi connectivity index (χ2v) is 12.5. The maximum Gasteiger partial charge on any atom is 0.321 e. The van der Waals surface area contributed by atoms with Gasteiger partial charge in [0.1, 0.15) is 11.9 Å². The summed E-state index contributed by atoms with van der Waals surface area (Å²) in [5.41, 5.74) is -5.16. The van der Waals surface area contributed by atoms with Crippen LogP contribution in [0.1, 0.15) is 67.7 Å². The number of methoxy groups -OCH3 is 1. The molecular formula is C28H40O8. The third-order valence-corrected chi connectivity index (χ3v) is 10.9.